The van der Waals surface area contributed by atoms with Crippen molar-refractivity contribution in [2.24, 2.45) is 0 Å². The van der Waals surface area contributed by atoms with Crippen LogP contribution in [0.5, 0.6) is 0 Å². The van der Waals surface area contributed by atoms with Crippen molar-refractivity contribution < 1.29 is 19.5 Å². The van der Waals surface area contributed by atoms with Gasteiger partial charge in [0.1, 0.15) is 12.4 Å². The first-order valence-electron chi connectivity index (χ1n) is 8.04. The molecule has 0 fully saturated rings. The van der Waals surface area contributed by atoms with Gasteiger partial charge in [0.2, 0.25) is 5.89 Å². The van der Waals surface area contributed by atoms with Crippen LogP contribution in [-0.4, -0.2) is 66.7 Å². The molecule has 0 amide bonds. The maximum Gasteiger partial charge on any atom is 0.246 e. The molecule has 2 unspecified atom stereocenters. The molecule has 0 saturated heterocycles. The molecule has 3 aromatic heterocycles. The Bertz CT molecular complexity index is 865. The number of methoxy groups -OCH3 is 1. The highest BCUT2D eigenvalue weighted by Crippen LogP contribution is 2.22. The van der Waals surface area contributed by atoms with Gasteiger partial charge in [-0.2, -0.15) is 4.98 Å². The molecule has 0 aliphatic rings. The van der Waals surface area contributed by atoms with Gasteiger partial charge in [-0.1, -0.05) is 5.16 Å². The van der Waals surface area contributed by atoms with E-state index in [1.807, 2.05) is 18.9 Å². The van der Waals surface area contributed by atoms with Crippen LogP contribution in [0.15, 0.2) is 17.2 Å². The van der Waals surface area contributed by atoms with Crippen molar-refractivity contribution in [2.45, 2.75) is 32.2 Å². The fourth-order valence-electron chi connectivity index (χ4n) is 2.45. The van der Waals surface area contributed by atoms with Gasteiger partial charge in [0.05, 0.1) is 32.1 Å². The first kappa shape index (κ1) is 18.2. The second-order valence-electron chi connectivity index (χ2n) is 5.88. The number of imidazole rings is 1. The van der Waals surface area contributed by atoms with E-state index in [1.165, 1.54) is 6.33 Å². The average Bonchev–Trinajstić information content (AvgIpc) is 3.28. The minimum Gasteiger partial charge on any atom is -0.394 e. The summed E-state index contributed by atoms with van der Waals surface area (Å²) >= 11 is 0. The summed E-state index contributed by atoms with van der Waals surface area (Å²) in [5.74, 6) is 1.49. The average molecular weight is 363 g/mol. The number of aliphatic hydroxyl groups is 2. The molecular formula is C15H21N7O4. The van der Waals surface area contributed by atoms with E-state index >= 15 is 0 Å². The fraction of sp³-hybridized carbons (Fsp3) is 0.533. The van der Waals surface area contributed by atoms with Gasteiger partial charge in [0.15, 0.2) is 22.8 Å². The minimum atomic E-state index is -0.886. The number of hydrogen-bond acceptors (Lipinski definition) is 10. The van der Waals surface area contributed by atoms with E-state index in [0.717, 1.165) is 0 Å². The predicted octanol–water partition coefficient (Wildman–Crippen LogP) is -0.0937. The third-order valence-corrected chi connectivity index (χ3v) is 3.94. The van der Waals surface area contributed by atoms with E-state index in [0.29, 0.717) is 35.2 Å². The van der Waals surface area contributed by atoms with Gasteiger partial charge in [0.25, 0.3) is 0 Å². The highest BCUT2D eigenvalue weighted by atomic mass is 16.5. The topological polar surface area (TPSA) is 135 Å². The number of anilines is 1. The van der Waals surface area contributed by atoms with Gasteiger partial charge in [0, 0.05) is 14.2 Å². The monoisotopic (exact) mass is 363 g/mol. The Labute approximate surface area is 149 Å². The number of rotatable bonds is 8. The number of nitrogens with zero attached hydrogens (tertiary/aromatic N) is 7. The molecule has 0 aromatic carbocycles. The Morgan fingerprint density at radius 1 is 1.35 bits per heavy atom. The van der Waals surface area contributed by atoms with Gasteiger partial charge < -0.3 is 28.9 Å². The first-order chi connectivity index (χ1) is 12.5. The van der Waals surface area contributed by atoms with Gasteiger partial charge in [-0.05, 0) is 6.92 Å². The SMILES string of the molecule is COC(C)c1noc(CN(C)c2ncnc3c2ncn3CC(O)CO)n1. The Balaban J connectivity index is 1.82. The van der Waals surface area contributed by atoms with E-state index in [9.17, 15) is 5.11 Å². The minimum absolute atomic E-state index is 0.190. The summed E-state index contributed by atoms with van der Waals surface area (Å²) in [5.41, 5.74) is 1.14. The van der Waals surface area contributed by atoms with Crippen molar-refractivity contribution in [2.75, 3.05) is 25.7 Å². The van der Waals surface area contributed by atoms with Crippen LogP contribution in [0.3, 0.4) is 0 Å². The highest BCUT2D eigenvalue weighted by molar-refractivity contribution is 5.83. The van der Waals surface area contributed by atoms with Crippen molar-refractivity contribution in [3.05, 3.63) is 24.4 Å². The molecule has 11 heteroatoms. The summed E-state index contributed by atoms with van der Waals surface area (Å²) in [7, 11) is 3.40. The maximum atomic E-state index is 9.64. The molecule has 2 atom stereocenters. The van der Waals surface area contributed by atoms with Crippen molar-refractivity contribution >= 4 is 17.0 Å². The van der Waals surface area contributed by atoms with Gasteiger partial charge in [-0.15, -0.1) is 0 Å². The normalized spacial score (nSPS) is 13.9. The molecule has 26 heavy (non-hydrogen) atoms. The molecule has 3 heterocycles. The molecule has 3 aromatic rings. The summed E-state index contributed by atoms with van der Waals surface area (Å²) in [6, 6.07) is 0. The zero-order chi connectivity index (χ0) is 18.7. The number of aromatic nitrogens is 6. The third-order valence-electron chi connectivity index (χ3n) is 3.94. The summed E-state index contributed by atoms with van der Waals surface area (Å²) in [4.78, 5) is 19.0. The zero-order valence-corrected chi connectivity index (χ0v) is 14.8. The smallest absolute Gasteiger partial charge is 0.246 e. The zero-order valence-electron chi connectivity index (χ0n) is 14.8. The van der Waals surface area contributed by atoms with Crippen LogP contribution in [0.4, 0.5) is 5.82 Å². The third kappa shape index (κ3) is 3.64. The van der Waals surface area contributed by atoms with Crippen LogP contribution in [-0.2, 0) is 17.8 Å². The van der Waals surface area contributed by atoms with E-state index in [-0.39, 0.29) is 19.3 Å². The molecule has 0 saturated carbocycles. The van der Waals surface area contributed by atoms with Crippen molar-refractivity contribution in [3.63, 3.8) is 0 Å². The standard InChI is InChI=1S/C15H21N7O4/c1-9(25-3)13-19-11(26-20-13)5-21(2)14-12-15(17-7-16-14)22(8-18-12)4-10(24)6-23/h7-10,23-24H,4-6H2,1-3H3. The first-order valence-corrected chi connectivity index (χ1v) is 8.04. The van der Waals surface area contributed by atoms with Crippen molar-refractivity contribution in [3.8, 4) is 0 Å². The maximum absolute atomic E-state index is 9.64. The summed E-state index contributed by atoms with van der Waals surface area (Å²) in [6.45, 7) is 2.02. The van der Waals surface area contributed by atoms with Crippen LogP contribution >= 0.6 is 0 Å². The predicted molar refractivity (Wildman–Crippen MR) is 90.2 cm³/mol. The number of aliphatic hydroxyl groups excluding tert-OH is 2. The molecule has 0 spiro atoms. The molecule has 0 bridgehead atoms. The van der Waals surface area contributed by atoms with Crippen LogP contribution in [0.2, 0.25) is 0 Å². The van der Waals surface area contributed by atoms with Gasteiger partial charge >= 0.3 is 0 Å². The lowest BCUT2D eigenvalue weighted by molar-refractivity contribution is 0.0820. The fourth-order valence-corrected chi connectivity index (χ4v) is 2.45. The lowest BCUT2D eigenvalue weighted by Gasteiger charge is -2.16. The summed E-state index contributed by atoms with van der Waals surface area (Å²) in [6.07, 6.45) is 1.84. The van der Waals surface area contributed by atoms with Crippen LogP contribution in [0, 0.1) is 0 Å². The molecule has 0 aliphatic carbocycles. The van der Waals surface area contributed by atoms with Crippen LogP contribution < -0.4 is 4.90 Å². The molecule has 0 aliphatic heterocycles. The van der Waals surface area contributed by atoms with Crippen LogP contribution in [0.1, 0.15) is 24.7 Å². The molecular weight excluding hydrogens is 342 g/mol. The summed E-state index contributed by atoms with van der Waals surface area (Å²) < 4.78 is 12.1. The summed E-state index contributed by atoms with van der Waals surface area (Å²) in [5, 5.41) is 22.6. The van der Waals surface area contributed by atoms with E-state index in [2.05, 4.69) is 25.1 Å². The van der Waals surface area contributed by atoms with Gasteiger partial charge in [-0.3, -0.25) is 0 Å². The van der Waals surface area contributed by atoms with Crippen molar-refractivity contribution in [1.82, 2.24) is 29.7 Å². The number of hydrogen-bond donors (Lipinski definition) is 2. The molecule has 3 rings (SSSR count). The Kier molecular flexibility index (Phi) is 5.40. The lowest BCUT2D eigenvalue weighted by Crippen LogP contribution is -2.20. The lowest BCUT2D eigenvalue weighted by atomic mass is 10.3. The second kappa shape index (κ2) is 7.72. The quantitative estimate of drug-likeness (QED) is 0.558. The largest absolute Gasteiger partial charge is 0.394 e. The van der Waals surface area contributed by atoms with E-state index in [1.54, 1.807) is 18.0 Å². The molecule has 140 valence electrons. The van der Waals surface area contributed by atoms with Gasteiger partial charge in [-0.25, -0.2) is 15.0 Å². The number of fused-ring (bicyclic) bond motifs is 1. The number of ether oxygens (including phenoxy) is 1. The van der Waals surface area contributed by atoms with Crippen molar-refractivity contribution in [1.29, 1.82) is 0 Å². The van der Waals surface area contributed by atoms with E-state index < -0.39 is 6.10 Å². The Hall–Kier alpha value is -2.63. The molecule has 2 N–H and O–H groups in total. The van der Waals surface area contributed by atoms with Crippen LogP contribution in [0.25, 0.3) is 11.2 Å². The Morgan fingerprint density at radius 2 is 2.15 bits per heavy atom. The molecule has 11 nitrogen and oxygen atoms in total. The molecule has 0 radical (unpaired) electrons. The second-order valence-corrected chi connectivity index (χ2v) is 5.88. The van der Waals surface area contributed by atoms with E-state index in [4.69, 9.17) is 14.4 Å². The highest BCUT2D eigenvalue weighted by Gasteiger charge is 2.18. The Morgan fingerprint density at radius 3 is 2.88 bits per heavy atom.